The quantitative estimate of drug-likeness (QED) is 0.535. The van der Waals surface area contributed by atoms with Crippen molar-refractivity contribution in [1.82, 2.24) is 26.3 Å². The van der Waals surface area contributed by atoms with E-state index in [9.17, 15) is 4.39 Å². The first-order chi connectivity index (χ1) is 13.1. The molecule has 3 aromatic rings. The van der Waals surface area contributed by atoms with E-state index in [1.54, 1.807) is 6.07 Å². The summed E-state index contributed by atoms with van der Waals surface area (Å²) in [6.45, 7) is 0. The molecule has 0 radical (unpaired) electrons. The van der Waals surface area contributed by atoms with Crippen molar-refractivity contribution in [1.29, 1.82) is 0 Å². The van der Waals surface area contributed by atoms with Crippen LogP contribution in [0.15, 0.2) is 54.7 Å². The number of para-hydroxylation sites is 1. The van der Waals surface area contributed by atoms with Crippen LogP contribution in [-0.4, -0.2) is 31.9 Å². The van der Waals surface area contributed by atoms with Gasteiger partial charge in [0.05, 0.1) is 17.6 Å². The lowest BCUT2D eigenvalue weighted by Gasteiger charge is -2.48. The van der Waals surface area contributed by atoms with Gasteiger partial charge >= 0.3 is 0 Å². The summed E-state index contributed by atoms with van der Waals surface area (Å²) in [6.07, 6.45) is 1.87. The third-order valence-electron chi connectivity index (χ3n) is 5.51. The number of hydrogen-bond donors (Lipinski definition) is 4. The second kappa shape index (κ2) is 6.98. The zero-order valence-corrected chi connectivity index (χ0v) is 15.7. The van der Waals surface area contributed by atoms with E-state index >= 15 is 0 Å². The molecule has 0 bridgehead atoms. The predicted octanol–water partition coefficient (Wildman–Crippen LogP) is 2.42. The molecule has 2 aromatic carbocycles. The Labute approximate surface area is 158 Å². The van der Waals surface area contributed by atoms with Gasteiger partial charge < -0.3 is 5.32 Å². The molecule has 0 saturated carbocycles. The Bertz CT molecular complexity index is 970. The molecular weight excluding hydrogens is 341 g/mol. The molecule has 2 heterocycles. The standard InChI is InChI=1S/C21H24FN5/c1-23-20-18-15(8-6-9-16(18)22)19(27-21(20,24-2)25-3)14-11-13-7-4-5-10-17(13)26-12-14/h4-12,19-20,23-25,27H,1-3H3. The lowest BCUT2D eigenvalue weighted by Crippen LogP contribution is -2.72. The van der Waals surface area contributed by atoms with Crippen molar-refractivity contribution in [3.63, 3.8) is 0 Å². The van der Waals surface area contributed by atoms with Crippen molar-refractivity contribution in [2.24, 2.45) is 0 Å². The molecule has 2 atom stereocenters. The number of fused-ring (bicyclic) bond motifs is 2. The molecule has 140 valence electrons. The van der Waals surface area contributed by atoms with Crippen molar-refractivity contribution < 1.29 is 4.39 Å². The van der Waals surface area contributed by atoms with Crippen LogP contribution in [0.4, 0.5) is 4.39 Å². The Balaban J connectivity index is 1.92. The van der Waals surface area contributed by atoms with Crippen LogP contribution in [0.25, 0.3) is 10.9 Å². The Morgan fingerprint density at radius 1 is 1.04 bits per heavy atom. The molecule has 1 aliphatic heterocycles. The molecule has 0 amide bonds. The number of aromatic nitrogens is 1. The van der Waals surface area contributed by atoms with Gasteiger partial charge in [0.1, 0.15) is 11.6 Å². The number of rotatable bonds is 4. The van der Waals surface area contributed by atoms with E-state index < -0.39 is 5.79 Å². The Kier molecular flexibility index (Phi) is 4.65. The summed E-state index contributed by atoms with van der Waals surface area (Å²) in [5.41, 5.74) is 3.50. The van der Waals surface area contributed by atoms with Gasteiger partial charge in [0.25, 0.3) is 0 Å². The van der Waals surface area contributed by atoms with Crippen molar-refractivity contribution in [3.8, 4) is 0 Å². The lowest BCUT2D eigenvalue weighted by atomic mass is 9.83. The third-order valence-corrected chi connectivity index (χ3v) is 5.51. The smallest absolute Gasteiger partial charge is 0.144 e. The van der Waals surface area contributed by atoms with Gasteiger partial charge in [-0.05, 0) is 50.5 Å². The highest BCUT2D eigenvalue weighted by Gasteiger charge is 2.46. The Morgan fingerprint density at radius 3 is 2.56 bits per heavy atom. The number of likely N-dealkylation sites (N-methyl/N-ethyl adjacent to an activating group) is 3. The van der Waals surface area contributed by atoms with E-state index in [4.69, 9.17) is 0 Å². The second-order valence-corrected chi connectivity index (χ2v) is 6.81. The molecule has 5 nitrogen and oxygen atoms in total. The Hall–Kier alpha value is -2.38. The van der Waals surface area contributed by atoms with Crippen LogP contribution in [0.2, 0.25) is 0 Å². The maximum Gasteiger partial charge on any atom is 0.144 e. The molecular formula is C21H24FN5. The first-order valence-electron chi connectivity index (χ1n) is 9.09. The minimum atomic E-state index is -0.722. The fourth-order valence-electron chi connectivity index (χ4n) is 4.14. The third kappa shape index (κ3) is 2.82. The Morgan fingerprint density at radius 2 is 1.81 bits per heavy atom. The summed E-state index contributed by atoms with van der Waals surface area (Å²) >= 11 is 0. The van der Waals surface area contributed by atoms with Crippen LogP contribution in [-0.2, 0) is 0 Å². The summed E-state index contributed by atoms with van der Waals surface area (Å²) in [7, 11) is 5.55. The molecule has 0 fully saturated rings. The van der Waals surface area contributed by atoms with Crippen LogP contribution >= 0.6 is 0 Å². The van der Waals surface area contributed by atoms with Gasteiger partial charge in [-0.15, -0.1) is 0 Å². The maximum atomic E-state index is 14.9. The number of hydrogen-bond acceptors (Lipinski definition) is 5. The van der Waals surface area contributed by atoms with Gasteiger partial charge in [0.2, 0.25) is 0 Å². The first-order valence-corrected chi connectivity index (χ1v) is 9.09. The molecule has 27 heavy (non-hydrogen) atoms. The molecule has 0 spiro atoms. The van der Waals surface area contributed by atoms with Gasteiger partial charge in [0, 0.05) is 17.1 Å². The average Bonchev–Trinajstić information content (AvgIpc) is 2.72. The molecule has 4 rings (SSSR count). The van der Waals surface area contributed by atoms with Crippen molar-refractivity contribution in [3.05, 3.63) is 77.2 Å². The fraction of sp³-hybridized carbons (Fsp3) is 0.286. The van der Waals surface area contributed by atoms with Gasteiger partial charge in [-0.1, -0.05) is 30.3 Å². The second-order valence-electron chi connectivity index (χ2n) is 6.81. The summed E-state index contributed by atoms with van der Waals surface area (Å²) < 4.78 is 14.9. The number of nitrogens with one attached hydrogen (secondary N) is 4. The van der Waals surface area contributed by atoms with E-state index in [1.165, 1.54) is 6.07 Å². The van der Waals surface area contributed by atoms with Crippen molar-refractivity contribution in [2.75, 3.05) is 21.1 Å². The maximum absolute atomic E-state index is 14.9. The fourth-order valence-corrected chi connectivity index (χ4v) is 4.14. The van der Waals surface area contributed by atoms with Crippen LogP contribution in [0.3, 0.4) is 0 Å². The molecule has 1 aromatic heterocycles. The lowest BCUT2D eigenvalue weighted by molar-refractivity contribution is 0.131. The number of nitrogens with zero attached hydrogens (tertiary/aromatic N) is 1. The van der Waals surface area contributed by atoms with E-state index in [2.05, 4.69) is 32.3 Å². The average molecular weight is 365 g/mol. The van der Waals surface area contributed by atoms with E-state index in [-0.39, 0.29) is 17.9 Å². The van der Waals surface area contributed by atoms with Crippen molar-refractivity contribution in [2.45, 2.75) is 17.9 Å². The highest BCUT2D eigenvalue weighted by molar-refractivity contribution is 5.79. The minimum Gasteiger partial charge on any atom is -0.309 e. The minimum absolute atomic E-state index is 0.211. The highest BCUT2D eigenvalue weighted by Crippen LogP contribution is 2.40. The molecule has 1 aliphatic rings. The van der Waals surface area contributed by atoms with Gasteiger partial charge in [-0.2, -0.15) is 0 Å². The number of pyridine rings is 1. The normalized spacial score (nSPS) is 21.2. The first kappa shape index (κ1) is 18.0. The largest absolute Gasteiger partial charge is 0.309 e. The van der Waals surface area contributed by atoms with E-state index in [0.717, 1.165) is 22.0 Å². The van der Waals surface area contributed by atoms with E-state index in [1.807, 2.05) is 57.7 Å². The molecule has 4 N–H and O–H groups in total. The summed E-state index contributed by atoms with van der Waals surface area (Å²) in [4.78, 5) is 4.60. The number of benzene rings is 2. The summed E-state index contributed by atoms with van der Waals surface area (Å²) in [5, 5.41) is 14.6. The van der Waals surface area contributed by atoms with Crippen LogP contribution in [0.1, 0.15) is 28.8 Å². The van der Waals surface area contributed by atoms with Crippen molar-refractivity contribution >= 4 is 10.9 Å². The predicted molar refractivity (Wildman–Crippen MR) is 106 cm³/mol. The topological polar surface area (TPSA) is 61.0 Å². The SMILES string of the molecule is CNC1c2c(F)cccc2C(c2cnc3ccccc3c2)NC1(NC)NC. The highest BCUT2D eigenvalue weighted by atomic mass is 19.1. The van der Waals surface area contributed by atoms with Gasteiger partial charge in [-0.3, -0.25) is 20.9 Å². The zero-order chi connectivity index (χ0) is 19.0. The van der Waals surface area contributed by atoms with Crippen LogP contribution < -0.4 is 21.3 Å². The van der Waals surface area contributed by atoms with E-state index in [0.29, 0.717) is 5.56 Å². The molecule has 2 unspecified atom stereocenters. The summed E-state index contributed by atoms with van der Waals surface area (Å²) in [5.74, 6) is -0.942. The van der Waals surface area contributed by atoms with Crippen LogP contribution in [0.5, 0.6) is 0 Å². The van der Waals surface area contributed by atoms with Gasteiger partial charge in [0.15, 0.2) is 0 Å². The van der Waals surface area contributed by atoms with Crippen LogP contribution in [0, 0.1) is 5.82 Å². The molecule has 0 aliphatic carbocycles. The molecule has 6 heteroatoms. The monoisotopic (exact) mass is 365 g/mol. The summed E-state index contributed by atoms with van der Waals surface area (Å²) in [6, 6.07) is 14.9. The molecule has 0 saturated heterocycles. The number of halogens is 1. The van der Waals surface area contributed by atoms with Gasteiger partial charge in [-0.25, -0.2) is 4.39 Å². The zero-order valence-electron chi connectivity index (χ0n) is 15.7.